The Labute approximate surface area is 115 Å². The summed E-state index contributed by atoms with van der Waals surface area (Å²) in [6, 6.07) is 12.6. The molecule has 0 unspecified atom stereocenters. The summed E-state index contributed by atoms with van der Waals surface area (Å²) < 4.78 is 25.4. The van der Waals surface area contributed by atoms with Gasteiger partial charge in [0.25, 0.3) is 11.0 Å². The van der Waals surface area contributed by atoms with Crippen molar-refractivity contribution in [3.8, 4) is 11.1 Å². The second kappa shape index (κ2) is 6.17. The van der Waals surface area contributed by atoms with Crippen LogP contribution < -0.4 is 0 Å². The van der Waals surface area contributed by atoms with Crippen molar-refractivity contribution in [2.75, 3.05) is 6.61 Å². The maximum absolute atomic E-state index is 10.4. The van der Waals surface area contributed by atoms with Crippen molar-refractivity contribution < 1.29 is 12.6 Å². The van der Waals surface area contributed by atoms with Crippen molar-refractivity contribution in [1.29, 1.82) is 0 Å². The molecule has 19 heavy (non-hydrogen) atoms. The van der Waals surface area contributed by atoms with Crippen LogP contribution in [0.3, 0.4) is 0 Å². The van der Waals surface area contributed by atoms with E-state index in [0.717, 1.165) is 11.1 Å². The molecule has 3 nitrogen and oxygen atoms in total. The molecule has 0 aliphatic heterocycles. The largest absolute Gasteiger partial charge is 0.272 e. The Morgan fingerprint density at radius 1 is 1.16 bits per heavy atom. The van der Waals surface area contributed by atoms with Crippen LogP contribution >= 0.6 is 0 Å². The summed E-state index contributed by atoms with van der Waals surface area (Å²) in [5.74, 6) is 0.488. The Morgan fingerprint density at radius 3 is 2.63 bits per heavy atom. The molecule has 0 aromatic carbocycles. The highest BCUT2D eigenvalue weighted by Gasteiger charge is 2.09. The smallest absolute Gasteiger partial charge is 0.257 e. The van der Waals surface area contributed by atoms with E-state index in [-0.39, 0.29) is 6.61 Å². The Hall–Kier alpha value is -1.39. The maximum Gasteiger partial charge on any atom is 0.257 e. The molecular formula is C15H18O3S. The lowest BCUT2D eigenvalue weighted by Crippen LogP contribution is -1.96. The molecule has 2 aliphatic carbocycles. The molecule has 0 N–H and O–H groups in total. The lowest BCUT2D eigenvalue weighted by Gasteiger charge is -2.03. The molecule has 0 spiro atoms. The Morgan fingerprint density at radius 2 is 1.95 bits per heavy atom. The predicted octanol–water partition coefficient (Wildman–Crippen LogP) is 3.00. The number of hydrogen-bond acceptors (Lipinski definition) is 3. The normalized spacial score (nSPS) is 11.6. The second-order valence-corrected chi connectivity index (χ2v) is 5.56. The van der Waals surface area contributed by atoms with Gasteiger partial charge in [-0.15, -0.1) is 0 Å². The van der Waals surface area contributed by atoms with Crippen molar-refractivity contribution in [3.05, 3.63) is 47.5 Å². The summed E-state index contributed by atoms with van der Waals surface area (Å²) >= 11 is 0. The average Bonchev–Trinajstić information content (AvgIpc) is 2.59. The van der Waals surface area contributed by atoms with E-state index in [1.807, 2.05) is 6.07 Å². The molecule has 2 aliphatic rings. The SMILES string of the molecule is CC(C)c1cccc2c(CCO[SH](=O)=O)ccc-2c1. The molecule has 2 rings (SSSR count). The topological polar surface area (TPSA) is 43.4 Å². The fourth-order valence-electron chi connectivity index (χ4n) is 2.17. The lowest BCUT2D eigenvalue weighted by molar-refractivity contribution is 0.337. The van der Waals surface area contributed by atoms with Crippen LogP contribution in [-0.4, -0.2) is 15.0 Å². The van der Waals surface area contributed by atoms with E-state index in [9.17, 15) is 8.42 Å². The van der Waals surface area contributed by atoms with Crippen molar-refractivity contribution >= 4 is 11.0 Å². The Kier molecular flexibility index (Phi) is 4.56. The number of thiol groups is 1. The van der Waals surface area contributed by atoms with Crippen LogP contribution in [0.5, 0.6) is 0 Å². The monoisotopic (exact) mass is 278 g/mol. The summed E-state index contributed by atoms with van der Waals surface area (Å²) in [6.07, 6.45) is 0.605. The van der Waals surface area contributed by atoms with Crippen molar-refractivity contribution in [2.24, 2.45) is 0 Å². The third kappa shape index (κ3) is 3.55. The van der Waals surface area contributed by atoms with Gasteiger partial charge in [0.1, 0.15) is 0 Å². The number of hydrogen-bond donors (Lipinski definition) is 1. The molecule has 0 bridgehead atoms. The molecule has 0 saturated heterocycles. The molecule has 0 amide bonds. The summed E-state index contributed by atoms with van der Waals surface area (Å²) in [5, 5.41) is 0. The number of rotatable bonds is 5. The zero-order valence-corrected chi connectivity index (χ0v) is 12.0. The van der Waals surface area contributed by atoms with Crippen LogP contribution in [0.1, 0.15) is 30.9 Å². The van der Waals surface area contributed by atoms with Gasteiger partial charge in [-0.1, -0.05) is 50.2 Å². The molecule has 0 heterocycles. The van der Waals surface area contributed by atoms with E-state index in [4.69, 9.17) is 0 Å². The van der Waals surface area contributed by atoms with Crippen LogP contribution in [0.25, 0.3) is 11.1 Å². The lowest BCUT2D eigenvalue weighted by atomic mass is 10.0. The molecule has 0 atom stereocenters. The Balaban J connectivity index is 2.22. The second-order valence-electron chi connectivity index (χ2n) is 4.86. The summed E-state index contributed by atoms with van der Waals surface area (Å²) in [4.78, 5) is 0. The minimum Gasteiger partial charge on any atom is -0.272 e. The molecule has 0 radical (unpaired) electrons. The summed E-state index contributed by atoms with van der Waals surface area (Å²) in [6.45, 7) is 4.54. The standard InChI is InChI=1S/C15H18O3S/c1-11(2)13-4-3-5-15-12(6-7-14(15)10-13)8-9-18-19(16)17/h3-7,10-11,19H,8-9H2,1-2H3. The minimum atomic E-state index is -2.75. The fraction of sp³-hybridized carbons (Fsp3) is 0.333. The Bertz CT molecular complexity index is 594. The first-order valence-electron chi connectivity index (χ1n) is 6.37. The average molecular weight is 278 g/mol. The molecule has 0 fully saturated rings. The zero-order chi connectivity index (χ0) is 13.8. The van der Waals surface area contributed by atoms with Gasteiger partial charge in [0.15, 0.2) is 0 Å². The van der Waals surface area contributed by atoms with Crippen LogP contribution in [0, 0.1) is 0 Å². The highest BCUT2D eigenvalue weighted by Crippen LogP contribution is 2.29. The van der Waals surface area contributed by atoms with Crippen molar-refractivity contribution in [3.63, 3.8) is 0 Å². The van der Waals surface area contributed by atoms with E-state index < -0.39 is 11.0 Å². The zero-order valence-electron chi connectivity index (χ0n) is 11.1. The first-order valence-corrected chi connectivity index (χ1v) is 7.46. The third-order valence-electron chi connectivity index (χ3n) is 3.23. The van der Waals surface area contributed by atoms with Gasteiger partial charge < -0.3 is 0 Å². The van der Waals surface area contributed by atoms with E-state index in [1.165, 1.54) is 11.1 Å². The van der Waals surface area contributed by atoms with Crippen molar-refractivity contribution in [2.45, 2.75) is 26.2 Å². The van der Waals surface area contributed by atoms with E-state index in [2.05, 4.69) is 48.4 Å². The third-order valence-corrected chi connectivity index (χ3v) is 3.62. The van der Waals surface area contributed by atoms with Gasteiger partial charge in [0.2, 0.25) is 0 Å². The van der Waals surface area contributed by atoms with Crippen LogP contribution in [0.2, 0.25) is 0 Å². The van der Waals surface area contributed by atoms with Gasteiger partial charge in [0.05, 0.1) is 6.61 Å². The van der Waals surface area contributed by atoms with E-state index in [1.54, 1.807) is 0 Å². The number of fused-ring (bicyclic) bond motifs is 1. The molecule has 0 aromatic heterocycles. The molecule has 4 heteroatoms. The van der Waals surface area contributed by atoms with E-state index >= 15 is 0 Å². The van der Waals surface area contributed by atoms with Gasteiger partial charge in [-0.05, 0) is 34.6 Å². The summed E-state index contributed by atoms with van der Waals surface area (Å²) in [7, 11) is -2.75. The summed E-state index contributed by atoms with van der Waals surface area (Å²) in [5.41, 5.74) is 4.77. The van der Waals surface area contributed by atoms with Crippen molar-refractivity contribution in [1.82, 2.24) is 0 Å². The highest BCUT2D eigenvalue weighted by molar-refractivity contribution is 7.67. The molecular weight excluding hydrogens is 260 g/mol. The van der Waals surface area contributed by atoms with Gasteiger partial charge in [-0.25, -0.2) is 8.42 Å². The van der Waals surface area contributed by atoms with Crippen LogP contribution in [-0.2, 0) is 21.6 Å². The first-order chi connectivity index (χ1) is 9.08. The first kappa shape index (κ1) is 14.0. The van der Waals surface area contributed by atoms with Gasteiger partial charge >= 0.3 is 0 Å². The minimum absolute atomic E-state index is 0.202. The predicted molar refractivity (Wildman–Crippen MR) is 77.1 cm³/mol. The van der Waals surface area contributed by atoms with Crippen LogP contribution in [0.4, 0.5) is 0 Å². The highest BCUT2D eigenvalue weighted by atomic mass is 32.2. The molecule has 102 valence electrons. The fourth-order valence-corrected chi connectivity index (χ4v) is 2.42. The van der Waals surface area contributed by atoms with Gasteiger partial charge in [-0.2, -0.15) is 0 Å². The quantitative estimate of drug-likeness (QED) is 0.855. The van der Waals surface area contributed by atoms with Gasteiger partial charge in [-0.3, -0.25) is 4.18 Å². The molecule has 0 aromatic rings. The van der Waals surface area contributed by atoms with Gasteiger partial charge in [0, 0.05) is 0 Å². The molecule has 0 saturated carbocycles. The maximum atomic E-state index is 10.4. The van der Waals surface area contributed by atoms with Crippen LogP contribution in [0.15, 0.2) is 36.4 Å². The van der Waals surface area contributed by atoms with E-state index in [0.29, 0.717) is 12.3 Å².